The number of fused-ring (bicyclic) bond motifs is 1. The Bertz CT molecular complexity index is 906. The second kappa shape index (κ2) is 6.18. The van der Waals surface area contributed by atoms with Gasteiger partial charge in [0.15, 0.2) is 0 Å². The van der Waals surface area contributed by atoms with Gasteiger partial charge in [0.2, 0.25) is 0 Å². The maximum Gasteiger partial charge on any atom is 0.0655 e. The highest BCUT2D eigenvalue weighted by molar-refractivity contribution is 5.66. The van der Waals surface area contributed by atoms with Crippen LogP contribution in [0.15, 0.2) is 54.7 Å². The summed E-state index contributed by atoms with van der Waals surface area (Å²) in [7, 11) is 0. The van der Waals surface area contributed by atoms with Gasteiger partial charge in [-0.1, -0.05) is 62.2 Å². The molecule has 2 aromatic carbocycles. The number of benzene rings is 2. The number of hydrogen-bond donors (Lipinski definition) is 0. The maximum absolute atomic E-state index is 4.75. The average molecular weight is 330 g/mol. The minimum absolute atomic E-state index is 0.250. The second-order valence-electron chi connectivity index (χ2n) is 7.66. The molecule has 0 radical (unpaired) electrons. The van der Waals surface area contributed by atoms with E-state index in [2.05, 4.69) is 80.2 Å². The highest BCUT2D eigenvalue weighted by atomic mass is 15.3. The summed E-state index contributed by atoms with van der Waals surface area (Å²) >= 11 is 0. The van der Waals surface area contributed by atoms with E-state index in [1.165, 1.54) is 52.9 Å². The van der Waals surface area contributed by atoms with Crippen LogP contribution in [0.2, 0.25) is 0 Å². The third-order valence-electron chi connectivity index (χ3n) is 5.61. The molecule has 1 unspecified atom stereocenters. The molecule has 2 heteroatoms. The van der Waals surface area contributed by atoms with Crippen LogP contribution in [0.1, 0.15) is 49.9 Å². The quantitative estimate of drug-likeness (QED) is 0.586. The van der Waals surface area contributed by atoms with Crippen LogP contribution in [0.3, 0.4) is 0 Å². The van der Waals surface area contributed by atoms with Crippen LogP contribution >= 0.6 is 0 Å². The summed E-state index contributed by atoms with van der Waals surface area (Å²) in [5.74, 6) is 0. The van der Waals surface area contributed by atoms with Crippen LogP contribution in [0.5, 0.6) is 0 Å². The van der Waals surface area contributed by atoms with Crippen molar-refractivity contribution in [1.29, 1.82) is 0 Å². The van der Waals surface area contributed by atoms with E-state index in [1.54, 1.807) is 0 Å². The molecule has 1 heterocycles. The van der Waals surface area contributed by atoms with Crippen molar-refractivity contribution in [2.24, 2.45) is 0 Å². The molecule has 1 atom stereocenters. The van der Waals surface area contributed by atoms with Gasteiger partial charge in [0.05, 0.1) is 17.6 Å². The first-order valence-electron chi connectivity index (χ1n) is 9.35. The van der Waals surface area contributed by atoms with Crippen molar-refractivity contribution in [1.82, 2.24) is 9.78 Å². The number of aromatic nitrogens is 2. The molecule has 0 bridgehead atoms. The monoisotopic (exact) mass is 330 g/mol. The average Bonchev–Trinajstić information content (AvgIpc) is 3.18. The van der Waals surface area contributed by atoms with Crippen molar-refractivity contribution in [2.45, 2.75) is 51.9 Å². The molecule has 4 rings (SSSR count). The van der Waals surface area contributed by atoms with Gasteiger partial charge in [-0.15, -0.1) is 0 Å². The lowest BCUT2D eigenvalue weighted by Gasteiger charge is -2.26. The predicted molar refractivity (Wildman–Crippen MR) is 104 cm³/mol. The zero-order valence-corrected chi connectivity index (χ0v) is 15.4. The molecule has 0 fully saturated rings. The van der Waals surface area contributed by atoms with Gasteiger partial charge in [-0.3, -0.25) is 0 Å². The van der Waals surface area contributed by atoms with Gasteiger partial charge in [-0.2, -0.15) is 5.10 Å². The molecular formula is C23H26N2. The van der Waals surface area contributed by atoms with E-state index in [0.29, 0.717) is 0 Å². The van der Waals surface area contributed by atoms with E-state index < -0.39 is 0 Å². The van der Waals surface area contributed by atoms with Gasteiger partial charge < -0.3 is 0 Å². The van der Waals surface area contributed by atoms with Gasteiger partial charge in [-0.25, -0.2) is 4.68 Å². The molecule has 3 aromatic rings. The smallest absolute Gasteiger partial charge is 0.0655 e. The number of hydrogen-bond acceptors (Lipinski definition) is 1. The standard InChI is InChI=1S/C23H26N2/c1-4-12-23(3)13-11-20-16-24-25(22(20)23)21-10-6-9-19(15-21)18-8-5-7-17(2)14-18/h5-10,14-16H,4,11-13H2,1-3H3. The van der Waals surface area contributed by atoms with E-state index in [0.717, 1.165) is 6.42 Å². The molecule has 0 saturated carbocycles. The third-order valence-corrected chi connectivity index (χ3v) is 5.61. The lowest BCUT2D eigenvalue weighted by atomic mass is 9.83. The van der Waals surface area contributed by atoms with Crippen LogP contribution in [0, 0.1) is 6.92 Å². The lowest BCUT2D eigenvalue weighted by molar-refractivity contribution is 0.404. The second-order valence-corrected chi connectivity index (χ2v) is 7.66. The van der Waals surface area contributed by atoms with Crippen molar-refractivity contribution in [3.63, 3.8) is 0 Å². The van der Waals surface area contributed by atoms with Crippen molar-refractivity contribution in [2.75, 3.05) is 0 Å². The summed E-state index contributed by atoms with van der Waals surface area (Å²) in [6.45, 7) is 6.83. The van der Waals surface area contributed by atoms with Crippen LogP contribution in [-0.2, 0) is 11.8 Å². The Morgan fingerprint density at radius 3 is 2.60 bits per heavy atom. The first-order valence-corrected chi connectivity index (χ1v) is 9.35. The maximum atomic E-state index is 4.75. The highest BCUT2D eigenvalue weighted by Gasteiger charge is 2.37. The Hall–Kier alpha value is -2.35. The highest BCUT2D eigenvalue weighted by Crippen LogP contribution is 2.43. The van der Waals surface area contributed by atoms with E-state index in [9.17, 15) is 0 Å². The van der Waals surface area contributed by atoms with Gasteiger partial charge >= 0.3 is 0 Å². The molecular weight excluding hydrogens is 304 g/mol. The van der Waals surface area contributed by atoms with Gasteiger partial charge in [0.1, 0.15) is 0 Å². The Labute approximate surface area is 150 Å². The summed E-state index contributed by atoms with van der Waals surface area (Å²) in [4.78, 5) is 0. The molecule has 0 saturated heterocycles. The van der Waals surface area contributed by atoms with Crippen molar-refractivity contribution in [3.8, 4) is 16.8 Å². The Kier molecular flexibility index (Phi) is 3.99. The Morgan fingerprint density at radius 1 is 1.08 bits per heavy atom. The summed E-state index contributed by atoms with van der Waals surface area (Å²) in [5.41, 5.74) is 8.08. The zero-order valence-electron chi connectivity index (χ0n) is 15.4. The molecule has 0 aliphatic heterocycles. The third kappa shape index (κ3) is 2.80. The van der Waals surface area contributed by atoms with E-state index in [4.69, 9.17) is 5.10 Å². The molecule has 1 aliphatic rings. The first kappa shape index (κ1) is 16.1. The van der Waals surface area contributed by atoms with Crippen LogP contribution in [0.4, 0.5) is 0 Å². The van der Waals surface area contributed by atoms with Gasteiger partial charge in [-0.05, 0) is 55.0 Å². The Balaban J connectivity index is 1.79. The number of aryl methyl sites for hydroxylation is 2. The largest absolute Gasteiger partial charge is 0.237 e. The molecule has 1 aliphatic carbocycles. The summed E-state index contributed by atoms with van der Waals surface area (Å²) in [5, 5.41) is 4.75. The van der Waals surface area contributed by atoms with Crippen molar-refractivity contribution < 1.29 is 0 Å². The summed E-state index contributed by atoms with van der Waals surface area (Å²) in [6.07, 6.45) is 6.91. The predicted octanol–water partition coefficient (Wildman–Crippen LogP) is 5.85. The zero-order chi connectivity index (χ0) is 17.4. The molecule has 2 nitrogen and oxygen atoms in total. The van der Waals surface area contributed by atoms with Gasteiger partial charge in [0.25, 0.3) is 0 Å². The molecule has 0 amide bonds. The summed E-state index contributed by atoms with van der Waals surface area (Å²) < 4.78 is 2.19. The minimum atomic E-state index is 0.250. The fourth-order valence-corrected chi connectivity index (χ4v) is 4.37. The lowest BCUT2D eigenvalue weighted by Crippen LogP contribution is -2.22. The molecule has 0 N–H and O–H groups in total. The van der Waals surface area contributed by atoms with E-state index in [1.807, 2.05) is 0 Å². The number of nitrogens with zero attached hydrogens (tertiary/aromatic N) is 2. The fourth-order valence-electron chi connectivity index (χ4n) is 4.37. The van der Waals surface area contributed by atoms with Crippen LogP contribution in [0.25, 0.3) is 16.8 Å². The van der Waals surface area contributed by atoms with Gasteiger partial charge in [0, 0.05) is 5.41 Å². The topological polar surface area (TPSA) is 17.8 Å². The Morgan fingerprint density at radius 2 is 1.84 bits per heavy atom. The van der Waals surface area contributed by atoms with Crippen LogP contribution < -0.4 is 0 Å². The van der Waals surface area contributed by atoms with E-state index >= 15 is 0 Å². The fraction of sp³-hybridized carbons (Fsp3) is 0.348. The minimum Gasteiger partial charge on any atom is -0.237 e. The normalized spacial score (nSPS) is 19.2. The van der Waals surface area contributed by atoms with E-state index in [-0.39, 0.29) is 5.41 Å². The number of rotatable bonds is 4. The molecule has 1 aromatic heterocycles. The summed E-state index contributed by atoms with van der Waals surface area (Å²) in [6, 6.07) is 17.5. The van der Waals surface area contributed by atoms with Crippen molar-refractivity contribution in [3.05, 3.63) is 71.5 Å². The van der Waals surface area contributed by atoms with Crippen LogP contribution in [-0.4, -0.2) is 9.78 Å². The first-order chi connectivity index (χ1) is 12.1. The molecule has 0 spiro atoms. The van der Waals surface area contributed by atoms with Crippen molar-refractivity contribution >= 4 is 0 Å². The molecule has 128 valence electrons. The molecule has 25 heavy (non-hydrogen) atoms. The SMILES string of the molecule is CCCC1(C)CCc2cnn(-c3cccc(-c4cccc(C)c4)c3)c21.